The summed E-state index contributed by atoms with van der Waals surface area (Å²) in [5, 5.41) is 3.32. The Balaban J connectivity index is 1.95. The number of nitrogens with one attached hydrogen (secondary N) is 1. The highest BCUT2D eigenvalue weighted by atomic mass is 35.5. The summed E-state index contributed by atoms with van der Waals surface area (Å²) in [7, 11) is 3.26. The Kier molecular flexibility index (Phi) is 4.58. The van der Waals surface area contributed by atoms with Crippen molar-refractivity contribution in [1.82, 2.24) is 0 Å². The first kappa shape index (κ1) is 18.1. The first-order chi connectivity index (χ1) is 12.1. The fourth-order valence-corrected chi connectivity index (χ4v) is 2.64. The van der Waals surface area contributed by atoms with Gasteiger partial charge in [-0.05, 0) is 42.5 Å². The van der Waals surface area contributed by atoms with Crippen LogP contribution in [0.3, 0.4) is 0 Å². The molecule has 0 aliphatic rings. The van der Waals surface area contributed by atoms with Crippen molar-refractivity contribution in [3.63, 3.8) is 0 Å². The number of hydrogen-bond acceptors (Lipinski definition) is 3. The molecule has 2 aromatic carbocycles. The molecule has 3 rings (SSSR count). The van der Waals surface area contributed by atoms with E-state index in [9.17, 15) is 18.0 Å². The Labute approximate surface area is 152 Å². The van der Waals surface area contributed by atoms with Crippen molar-refractivity contribution in [3.05, 3.63) is 58.8 Å². The molecule has 0 aliphatic heterocycles. The number of halogens is 4. The Morgan fingerprint density at radius 1 is 1.12 bits per heavy atom. The number of carbonyl (C=O) groups excluding carboxylic acids is 1. The van der Waals surface area contributed by atoms with Gasteiger partial charge in [-0.3, -0.25) is 4.79 Å². The molecule has 136 valence electrons. The molecule has 0 fully saturated rings. The van der Waals surface area contributed by atoms with E-state index in [2.05, 4.69) is 5.32 Å². The number of nitrogens with zero attached hydrogens (tertiary/aromatic N) is 1. The van der Waals surface area contributed by atoms with E-state index in [4.69, 9.17) is 16.0 Å². The van der Waals surface area contributed by atoms with E-state index in [0.717, 1.165) is 6.07 Å². The summed E-state index contributed by atoms with van der Waals surface area (Å²) in [6.07, 6.45) is -4.62. The minimum atomic E-state index is -4.62. The molecule has 0 spiro atoms. The van der Waals surface area contributed by atoms with Crippen LogP contribution in [0.1, 0.15) is 16.1 Å². The summed E-state index contributed by atoms with van der Waals surface area (Å²) < 4.78 is 45.4. The highest BCUT2D eigenvalue weighted by Gasteiger charge is 2.34. The van der Waals surface area contributed by atoms with Crippen LogP contribution in [0.2, 0.25) is 5.02 Å². The maximum absolute atomic E-state index is 13.3. The lowest BCUT2D eigenvalue weighted by Gasteiger charge is -2.18. The fourth-order valence-electron chi connectivity index (χ4n) is 2.46. The monoisotopic (exact) mass is 382 g/mol. The Morgan fingerprint density at radius 2 is 1.85 bits per heavy atom. The highest BCUT2D eigenvalue weighted by molar-refractivity contribution is 6.31. The number of hydrogen-bond donors (Lipinski definition) is 1. The maximum atomic E-state index is 13.3. The molecule has 1 amide bonds. The minimum absolute atomic E-state index is 0.105. The third kappa shape index (κ3) is 3.62. The van der Waals surface area contributed by atoms with Crippen molar-refractivity contribution in [1.29, 1.82) is 0 Å². The van der Waals surface area contributed by atoms with Gasteiger partial charge >= 0.3 is 6.18 Å². The predicted octanol–water partition coefficient (Wildman–Crippen LogP) is 5.42. The average molecular weight is 383 g/mol. The van der Waals surface area contributed by atoms with Crippen molar-refractivity contribution in [3.8, 4) is 0 Å². The van der Waals surface area contributed by atoms with Gasteiger partial charge in [-0.1, -0.05) is 11.6 Å². The van der Waals surface area contributed by atoms with Crippen LogP contribution in [0.15, 0.2) is 46.9 Å². The molecule has 0 aliphatic carbocycles. The quantitative estimate of drug-likeness (QED) is 0.657. The Bertz CT molecular complexity index is 980. The zero-order valence-corrected chi connectivity index (χ0v) is 14.6. The lowest BCUT2D eigenvalue weighted by molar-refractivity contribution is -0.136. The molecule has 0 saturated carbocycles. The van der Waals surface area contributed by atoms with Gasteiger partial charge in [0.1, 0.15) is 5.58 Å². The van der Waals surface area contributed by atoms with E-state index < -0.39 is 17.6 Å². The third-order valence-corrected chi connectivity index (χ3v) is 4.01. The van der Waals surface area contributed by atoms with Gasteiger partial charge in [-0.15, -0.1) is 0 Å². The predicted molar refractivity (Wildman–Crippen MR) is 94.9 cm³/mol. The van der Waals surface area contributed by atoms with Gasteiger partial charge in [-0.25, -0.2) is 0 Å². The number of furan rings is 1. The van der Waals surface area contributed by atoms with Crippen LogP contribution in [0.5, 0.6) is 0 Å². The zero-order chi connectivity index (χ0) is 19.1. The molecule has 8 heteroatoms. The summed E-state index contributed by atoms with van der Waals surface area (Å²) in [6, 6.07) is 9.90. The maximum Gasteiger partial charge on any atom is 0.418 e. The van der Waals surface area contributed by atoms with Gasteiger partial charge in [0.05, 0.1) is 11.3 Å². The molecule has 4 nitrogen and oxygen atoms in total. The van der Waals surface area contributed by atoms with E-state index in [0.29, 0.717) is 21.7 Å². The van der Waals surface area contributed by atoms with E-state index in [1.165, 1.54) is 18.2 Å². The van der Waals surface area contributed by atoms with Crippen molar-refractivity contribution < 1.29 is 22.4 Å². The number of carbonyl (C=O) groups is 1. The summed E-state index contributed by atoms with van der Waals surface area (Å²) in [5.74, 6) is -0.882. The van der Waals surface area contributed by atoms with Gasteiger partial charge < -0.3 is 14.6 Å². The lowest BCUT2D eigenvalue weighted by atomic mass is 10.1. The molecule has 0 radical (unpaired) electrons. The second-order valence-electron chi connectivity index (χ2n) is 5.87. The molecule has 3 aromatic rings. The van der Waals surface area contributed by atoms with Gasteiger partial charge in [0.25, 0.3) is 5.91 Å². The Morgan fingerprint density at radius 3 is 2.50 bits per heavy atom. The SMILES string of the molecule is CN(C)c1ccc(NC(=O)c2cc3cc(Cl)ccc3o2)c(C(F)(F)F)c1. The van der Waals surface area contributed by atoms with Crippen molar-refractivity contribution in [2.24, 2.45) is 0 Å². The second-order valence-corrected chi connectivity index (χ2v) is 6.31. The summed E-state index contributed by atoms with van der Waals surface area (Å²) in [4.78, 5) is 13.9. The summed E-state index contributed by atoms with van der Waals surface area (Å²) in [6.45, 7) is 0. The van der Waals surface area contributed by atoms with Crippen molar-refractivity contribution >= 4 is 39.9 Å². The number of rotatable bonds is 3. The van der Waals surface area contributed by atoms with E-state index in [1.54, 1.807) is 37.2 Å². The molecule has 1 aromatic heterocycles. The highest BCUT2D eigenvalue weighted by Crippen LogP contribution is 2.37. The smallest absolute Gasteiger partial charge is 0.418 e. The number of alkyl halides is 3. The zero-order valence-electron chi connectivity index (χ0n) is 13.8. The lowest BCUT2D eigenvalue weighted by Crippen LogP contribution is -2.17. The van der Waals surface area contributed by atoms with Gasteiger partial charge in [0.15, 0.2) is 5.76 Å². The first-order valence-electron chi connectivity index (χ1n) is 7.54. The first-order valence-corrected chi connectivity index (χ1v) is 7.92. The van der Waals surface area contributed by atoms with E-state index in [-0.39, 0.29) is 11.4 Å². The van der Waals surface area contributed by atoms with Crippen LogP contribution in [0.25, 0.3) is 11.0 Å². The molecule has 0 bridgehead atoms. The van der Waals surface area contributed by atoms with Crippen LogP contribution >= 0.6 is 11.6 Å². The summed E-state index contributed by atoms with van der Waals surface area (Å²) in [5.41, 5.74) is -0.491. The van der Waals surface area contributed by atoms with Gasteiger partial charge in [-0.2, -0.15) is 13.2 Å². The van der Waals surface area contributed by atoms with Crippen LogP contribution in [0, 0.1) is 0 Å². The largest absolute Gasteiger partial charge is 0.451 e. The topological polar surface area (TPSA) is 45.5 Å². The van der Waals surface area contributed by atoms with Crippen LogP contribution in [0.4, 0.5) is 24.5 Å². The normalized spacial score (nSPS) is 11.6. The second kappa shape index (κ2) is 6.57. The minimum Gasteiger partial charge on any atom is -0.451 e. The van der Waals surface area contributed by atoms with Crippen LogP contribution in [-0.2, 0) is 6.18 Å². The van der Waals surface area contributed by atoms with E-state index >= 15 is 0 Å². The van der Waals surface area contributed by atoms with Gasteiger partial charge in [0, 0.05) is 30.2 Å². The molecule has 0 saturated heterocycles. The molecular formula is C18H14ClF3N2O2. The van der Waals surface area contributed by atoms with Crippen LogP contribution < -0.4 is 10.2 Å². The molecular weight excluding hydrogens is 369 g/mol. The number of benzene rings is 2. The molecule has 26 heavy (non-hydrogen) atoms. The van der Waals surface area contributed by atoms with Crippen molar-refractivity contribution in [2.45, 2.75) is 6.18 Å². The Hall–Kier alpha value is -2.67. The molecule has 0 atom stereocenters. The fraction of sp³-hybridized carbons (Fsp3) is 0.167. The van der Waals surface area contributed by atoms with Crippen molar-refractivity contribution in [2.75, 3.05) is 24.3 Å². The number of amides is 1. The third-order valence-electron chi connectivity index (χ3n) is 3.78. The van der Waals surface area contributed by atoms with E-state index in [1.807, 2.05) is 0 Å². The number of fused-ring (bicyclic) bond motifs is 1. The standard InChI is InChI=1S/C18H14ClF3N2O2/c1-24(2)12-4-5-14(13(9-12)18(20,21)22)23-17(25)16-8-10-7-11(19)3-6-15(10)26-16/h3-9H,1-2H3,(H,23,25). The molecule has 0 unspecified atom stereocenters. The molecule has 1 N–H and O–H groups in total. The number of anilines is 2. The summed E-state index contributed by atoms with van der Waals surface area (Å²) >= 11 is 5.88. The average Bonchev–Trinajstić information content (AvgIpc) is 2.97. The van der Waals surface area contributed by atoms with Gasteiger partial charge in [0.2, 0.25) is 0 Å². The van der Waals surface area contributed by atoms with Crippen LogP contribution in [-0.4, -0.2) is 20.0 Å². The molecule has 1 heterocycles.